The average molecular weight is 265 g/mol. The van der Waals surface area contributed by atoms with E-state index < -0.39 is 17.4 Å². The Morgan fingerprint density at radius 1 is 1.32 bits per heavy atom. The minimum absolute atomic E-state index is 0.183. The third-order valence-electron chi connectivity index (χ3n) is 3.70. The van der Waals surface area contributed by atoms with Gasteiger partial charge in [0.1, 0.15) is 11.3 Å². The van der Waals surface area contributed by atoms with E-state index in [2.05, 4.69) is 5.32 Å². The van der Waals surface area contributed by atoms with Crippen LogP contribution in [0.2, 0.25) is 0 Å². The van der Waals surface area contributed by atoms with Gasteiger partial charge in [0, 0.05) is 6.42 Å². The van der Waals surface area contributed by atoms with Crippen molar-refractivity contribution in [2.75, 3.05) is 0 Å². The number of rotatable bonds is 4. The molecule has 1 aromatic rings. The van der Waals surface area contributed by atoms with Crippen LogP contribution in [-0.4, -0.2) is 22.5 Å². The van der Waals surface area contributed by atoms with Gasteiger partial charge in [-0.05, 0) is 25.0 Å². The molecule has 1 saturated carbocycles. The van der Waals surface area contributed by atoms with Gasteiger partial charge in [-0.25, -0.2) is 4.79 Å². The lowest BCUT2D eigenvalue weighted by Gasteiger charge is -2.33. The van der Waals surface area contributed by atoms with Crippen molar-refractivity contribution in [2.24, 2.45) is 0 Å². The molecule has 5 heteroatoms. The number of nitrogens with one attached hydrogen (secondary N) is 1. The zero-order valence-corrected chi connectivity index (χ0v) is 11.1. The van der Waals surface area contributed by atoms with Crippen LogP contribution >= 0.6 is 0 Å². The number of hydrogen-bond acceptors (Lipinski definition) is 3. The zero-order valence-electron chi connectivity index (χ0n) is 11.1. The Labute approximate surface area is 112 Å². The van der Waals surface area contributed by atoms with Crippen molar-refractivity contribution in [3.63, 3.8) is 0 Å². The van der Waals surface area contributed by atoms with Gasteiger partial charge in [-0.2, -0.15) is 0 Å². The number of hydrogen-bond donors (Lipinski definition) is 2. The van der Waals surface area contributed by atoms with Gasteiger partial charge < -0.3 is 14.8 Å². The average Bonchev–Trinajstić information content (AvgIpc) is 2.88. The minimum Gasteiger partial charge on any atom is -0.480 e. The van der Waals surface area contributed by atoms with Crippen LogP contribution in [0.25, 0.3) is 0 Å². The molecule has 19 heavy (non-hydrogen) atoms. The van der Waals surface area contributed by atoms with E-state index in [-0.39, 0.29) is 5.76 Å². The topological polar surface area (TPSA) is 79.5 Å². The molecule has 0 radical (unpaired) electrons. The smallest absolute Gasteiger partial charge is 0.329 e. The van der Waals surface area contributed by atoms with Crippen LogP contribution in [0.1, 0.15) is 55.3 Å². The summed E-state index contributed by atoms with van der Waals surface area (Å²) in [5.41, 5.74) is -1.13. The molecule has 1 aliphatic rings. The summed E-state index contributed by atoms with van der Waals surface area (Å²) in [7, 11) is 0. The van der Waals surface area contributed by atoms with Crippen LogP contribution in [0, 0.1) is 0 Å². The van der Waals surface area contributed by atoms with Gasteiger partial charge in [-0.3, -0.25) is 4.79 Å². The molecule has 5 nitrogen and oxygen atoms in total. The third kappa shape index (κ3) is 2.80. The van der Waals surface area contributed by atoms with Crippen LogP contribution in [0.3, 0.4) is 0 Å². The molecule has 0 aromatic carbocycles. The molecule has 1 aromatic heterocycles. The predicted octanol–water partition coefficient (Wildman–Crippen LogP) is 2.36. The summed E-state index contributed by atoms with van der Waals surface area (Å²) in [4.78, 5) is 23.5. The predicted molar refractivity (Wildman–Crippen MR) is 69.0 cm³/mol. The lowest BCUT2D eigenvalue weighted by molar-refractivity contribution is -0.145. The number of carboxylic acids is 1. The van der Waals surface area contributed by atoms with E-state index in [1.54, 1.807) is 12.1 Å². The summed E-state index contributed by atoms with van der Waals surface area (Å²) in [6.07, 6.45) is 4.34. The largest absolute Gasteiger partial charge is 0.480 e. The Hall–Kier alpha value is -1.78. The van der Waals surface area contributed by atoms with Gasteiger partial charge in [0.05, 0.1) is 0 Å². The van der Waals surface area contributed by atoms with E-state index in [0.717, 1.165) is 25.0 Å². The van der Waals surface area contributed by atoms with Gasteiger partial charge in [0.15, 0.2) is 5.76 Å². The summed E-state index contributed by atoms with van der Waals surface area (Å²) in [5.74, 6) is -0.493. The molecule has 0 atom stereocenters. The lowest BCUT2D eigenvalue weighted by Crippen LogP contribution is -2.55. The molecule has 0 unspecified atom stereocenters. The summed E-state index contributed by atoms with van der Waals surface area (Å²) in [6, 6.07) is 3.33. The van der Waals surface area contributed by atoms with Crippen LogP contribution in [0.15, 0.2) is 16.5 Å². The Bertz CT molecular complexity index is 472. The van der Waals surface area contributed by atoms with Gasteiger partial charge in [-0.15, -0.1) is 0 Å². The third-order valence-corrected chi connectivity index (χ3v) is 3.70. The van der Waals surface area contributed by atoms with Crippen LogP contribution in [0.4, 0.5) is 0 Å². The van der Waals surface area contributed by atoms with Crippen molar-refractivity contribution < 1.29 is 19.1 Å². The van der Waals surface area contributed by atoms with Crippen molar-refractivity contribution in [3.05, 3.63) is 23.7 Å². The first-order valence-corrected chi connectivity index (χ1v) is 6.72. The molecule has 0 aliphatic heterocycles. The van der Waals surface area contributed by atoms with Gasteiger partial charge in [0.25, 0.3) is 5.91 Å². The SMILES string of the molecule is CCc1ccc(C(=O)NC2(C(=O)O)CCCCC2)o1. The summed E-state index contributed by atoms with van der Waals surface area (Å²) in [6.45, 7) is 1.93. The maximum absolute atomic E-state index is 12.1. The highest BCUT2D eigenvalue weighted by Gasteiger charge is 2.41. The molecule has 1 fully saturated rings. The monoisotopic (exact) mass is 265 g/mol. The molecule has 1 amide bonds. The number of furan rings is 1. The number of carbonyl (C=O) groups is 2. The molecule has 0 spiro atoms. The fourth-order valence-corrected chi connectivity index (χ4v) is 2.52. The van der Waals surface area contributed by atoms with E-state index in [9.17, 15) is 14.7 Å². The summed E-state index contributed by atoms with van der Waals surface area (Å²) in [5, 5.41) is 12.0. The first kappa shape index (κ1) is 13.6. The highest BCUT2D eigenvalue weighted by atomic mass is 16.4. The lowest BCUT2D eigenvalue weighted by atomic mass is 9.81. The Balaban J connectivity index is 2.12. The maximum Gasteiger partial charge on any atom is 0.329 e. The molecular formula is C14H19NO4. The zero-order chi connectivity index (χ0) is 13.9. The molecule has 104 valence electrons. The first-order chi connectivity index (χ1) is 9.07. The summed E-state index contributed by atoms with van der Waals surface area (Å²) < 4.78 is 5.36. The van der Waals surface area contributed by atoms with Crippen molar-refractivity contribution in [2.45, 2.75) is 51.0 Å². The Morgan fingerprint density at radius 3 is 2.53 bits per heavy atom. The minimum atomic E-state index is -1.13. The molecule has 2 rings (SSSR count). The highest BCUT2D eigenvalue weighted by Crippen LogP contribution is 2.29. The fourth-order valence-electron chi connectivity index (χ4n) is 2.52. The molecule has 0 bridgehead atoms. The normalized spacial score (nSPS) is 17.9. The van der Waals surface area contributed by atoms with Gasteiger partial charge in [0.2, 0.25) is 0 Å². The van der Waals surface area contributed by atoms with E-state index in [1.807, 2.05) is 6.92 Å². The quantitative estimate of drug-likeness (QED) is 0.875. The highest BCUT2D eigenvalue weighted by molar-refractivity contribution is 5.95. The summed E-state index contributed by atoms with van der Waals surface area (Å²) >= 11 is 0. The van der Waals surface area contributed by atoms with Crippen LogP contribution < -0.4 is 5.32 Å². The standard InChI is InChI=1S/C14H19NO4/c1-2-10-6-7-11(19-10)12(16)15-14(13(17)18)8-4-3-5-9-14/h6-7H,2-5,8-9H2,1H3,(H,15,16)(H,17,18). The van der Waals surface area contributed by atoms with E-state index in [1.165, 1.54) is 0 Å². The number of aliphatic carboxylic acids is 1. The van der Waals surface area contributed by atoms with Gasteiger partial charge >= 0.3 is 5.97 Å². The van der Waals surface area contributed by atoms with Crippen molar-refractivity contribution in [3.8, 4) is 0 Å². The maximum atomic E-state index is 12.1. The van der Waals surface area contributed by atoms with Crippen LogP contribution in [0.5, 0.6) is 0 Å². The Kier molecular flexibility index (Phi) is 3.93. The van der Waals surface area contributed by atoms with Crippen molar-refractivity contribution in [1.29, 1.82) is 0 Å². The number of aryl methyl sites for hydroxylation is 1. The second kappa shape index (κ2) is 5.47. The first-order valence-electron chi connectivity index (χ1n) is 6.72. The van der Waals surface area contributed by atoms with E-state index in [4.69, 9.17) is 4.42 Å². The second-order valence-electron chi connectivity index (χ2n) is 5.02. The van der Waals surface area contributed by atoms with E-state index in [0.29, 0.717) is 19.3 Å². The van der Waals surface area contributed by atoms with Crippen molar-refractivity contribution in [1.82, 2.24) is 5.32 Å². The molecular weight excluding hydrogens is 246 g/mol. The number of carbonyl (C=O) groups excluding carboxylic acids is 1. The Morgan fingerprint density at radius 2 is 2.00 bits per heavy atom. The van der Waals surface area contributed by atoms with E-state index >= 15 is 0 Å². The molecule has 1 heterocycles. The number of carboxylic acid groups (broad SMARTS) is 1. The second-order valence-corrected chi connectivity index (χ2v) is 5.02. The number of amides is 1. The molecule has 2 N–H and O–H groups in total. The fraction of sp³-hybridized carbons (Fsp3) is 0.571. The van der Waals surface area contributed by atoms with Crippen LogP contribution in [-0.2, 0) is 11.2 Å². The molecule has 1 aliphatic carbocycles. The molecule has 0 saturated heterocycles. The van der Waals surface area contributed by atoms with Crippen molar-refractivity contribution >= 4 is 11.9 Å². The van der Waals surface area contributed by atoms with Gasteiger partial charge in [-0.1, -0.05) is 26.2 Å².